The van der Waals surface area contributed by atoms with Gasteiger partial charge in [-0.25, -0.2) is 4.98 Å². The third kappa shape index (κ3) is 3.18. The van der Waals surface area contributed by atoms with Crippen LogP contribution in [0.3, 0.4) is 0 Å². The van der Waals surface area contributed by atoms with Crippen molar-refractivity contribution in [3.63, 3.8) is 0 Å². The molecule has 2 aromatic carbocycles. The number of hydrogen-bond donors (Lipinski definition) is 1. The van der Waals surface area contributed by atoms with Gasteiger partial charge >= 0.3 is 0 Å². The highest BCUT2D eigenvalue weighted by atomic mass is 79.9. The number of halogens is 1. The van der Waals surface area contributed by atoms with Crippen LogP contribution in [0.4, 0.5) is 5.69 Å². The summed E-state index contributed by atoms with van der Waals surface area (Å²) in [5.41, 5.74) is 12.5. The fourth-order valence-electron chi connectivity index (χ4n) is 4.15. The van der Waals surface area contributed by atoms with E-state index in [-0.39, 0.29) is 5.78 Å². The number of fused-ring (bicyclic) bond motifs is 3. The van der Waals surface area contributed by atoms with E-state index in [1.54, 1.807) is 0 Å². The molecule has 0 atom stereocenters. The number of hydrogen-bond acceptors (Lipinski definition) is 4. The topological polar surface area (TPSA) is 56.0 Å². The van der Waals surface area contributed by atoms with Gasteiger partial charge in [0.1, 0.15) is 9.71 Å². The van der Waals surface area contributed by atoms with E-state index in [2.05, 4.69) is 28.1 Å². The van der Waals surface area contributed by atoms with Crippen molar-refractivity contribution in [1.29, 1.82) is 0 Å². The first-order valence-corrected chi connectivity index (χ1v) is 11.3. The molecule has 2 N–H and O–H groups in total. The summed E-state index contributed by atoms with van der Waals surface area (Å²) in [6.45, 7) is 0. The van der Waals surface area contributed by atoms with E-state index in [1.807, 2.05) is 42.5 Å². The molecule has 0 radical (unpaired) electrons. The van der Waals surface area contributed by atoms with Gasteiger partial charge in [0.25, 0.3) is 0 Å². The van der Waals surface area contributed by atoms with E-state index >= 15 is 0 Å². The standard InChI is InChI=1S/C24H19BrN2OS/c25-16-12-10-15(11-13-16)22(28)23-20(26)19-17-8-4-5-9-18(17)21(27-24(19)29-23)14-6-2-1-3-7-14/h1-3,6-7,10-13H,4-5,8-9,26H2. The fraction of sp³-hybridized carbons (Fsp3) is 0.167. The van der Waals surface area contributed by atoms with Crippen LogP contribution in [-0.2, 0) is 12.8 Å². The van der Waals surface area contributed by atoms with Crippen LogP contribution in [0, 0.1) is 0 Å². The minimum atomic E-state index is -0.0381. The van der Waals surface area contributed by atoms with Crippen LogP contribution in [0.5, 0.6) is 0 Å². The van der Waals surface area contributed by atoms with Gasteiger partial charge in [0, 0.05) is 21.0 Å². The molecule has 0 fully saturated rings. The maximum absolute atomic E-state index is 13.2. The van der Waals surface area contributed by atoms with Crippen LogP contribution in [0.25, 0.3) is 21.5 Å². The molecule has 4 aromatic rings. The summed E-state index contributed by atoms with van der Waals surface area (Å²) >= 11 is 4.84. The average molecular weight is 463 g/mol. The molecule has 144 valence electrons. The number of nitrogen functional groups attached to an aromatic ring is 1. The molecule has 2 heterocycles. The van der Waals surface area contributed by atoms with Crippen LogP contribution < -0.4 is 5.73 Å². The number of rotatable bonds is 3. The van der Waals surface area contributed by atoms with Crippen LogP contribution in [0.15, 0.2) is 59.1 Å². The lowest BCUT2D eigenvalue weighted by Gasteiger charge is -2.20. The van der Waals surface area contributed by atoms with Crippen molar-refractivity contribution in [1.82, 2.24) is 4.98 Å². The molecule has 0 spiro atoms. The molecule has 0 saturated carbocycles. The van der Waals surface area contributed by atoms with Crippen molar-refractivity contribution in [2.75, 3.05) is 5.73 Å². The van der Waals surface area contributed by atoms with E-state index in [0.29, 0.717) is 16.1 Å². The summed E-state index contributed by atoms with van der Waals surface area (Å²) in [5, 5.41) is 0.991. The second kappa shape index (κ2) is 7.39. The van der Waals surface area contributed by atoms with Gasteiger partial charge in [0.15, 0.2) is 0 Å². The van der Waals surface area contributed by atoms with E-state index in [9.17, 15) is 4.79 Å². The number of pyridine rings is 1. The van der Waals surface area contributed by atoms with Crippen LogP contribution in [0.2, 0.25) is 0 Å². The fourth-order valence-corrected chi connectivity index (χ4v) is 5.50. The summed E-state index contributed by atoms with van der Waals surface area (Å²) in [6, 6.07) is 17.7. The van der Waals surface area contributed by atoms with Crippen molar-refractivity contribution in [2.24, 2.45) is 0 Å². The Labute approximate surface area is 181 Å². The highest BCUT2D eigenvalue weighted by molar-refractivity contribution is 9.10. The number of aryl methyl sites for hydroxylation is 1. The highest BCUT2D eigenvalue weighted by Crippen LogP contribution is 2.42. The van der Waals surface area contributed by atoms with E-state index in [4.69, 9.17) is 10.7 Å². The van der Waals surface area contributed by atoms with Crippen molar-refractivity contribution in [3.05, 3.63) is 80.6 Å². The summed E-state index contributed by atoms with van der Waals surface area (Å²) in [5.74, 6) is -0.0381. The van der Waals surface area contributed by atoms with Gasteiger partial charge in [-0.05, 0) is 61.1 Å². The monoisotopic (exact) mass is 462 g/mol. The zero-order valence-electron chi connectivity index (χ0n) is 15.7. The first-order valence-electron chi connectivity index (χ1n) is 9.73. The highest BCUT2D eigenvalue weighted by Gasteiger charge is 2.26. The normalized spacial score (nSPS) is 13.4. The maximum atomic E-state index is 13.2. The Morgan fingerprint density at radius 1 is 0.966 bits per heavy atom. The van der Waals surface area contributed by atoms with Crippen molar-refractivity contribution in [3.8, 4) is 11.3 Å². The molecule has 0 amide bonds. The Kier molecular flexibility index (Phi) is 4.72. The third-order valence-corrected chi connectivity index (χ3v) is 7.18. The number of benzene rings is 2. The number of anilines is 1. The molecule has 1 aliphatic rings. The number of aromatic nitrogens is 1. The van der Waals surface area contributed by atoms with Gasteiger partial charge in [0.05, 0.1) is 11.4 Å². The van der Waals surface area contributed by atoms with Gasteiger partial charge < -0.3 is 5.73 Å². The molecular formula is C24H19BrN2OS. The summed E-state index contributed by atoms with van der Waals surface area (Å²) < 4.78 is 0.946. The lowest BCUT2D eigenvalue weighted by molar-refractivity contribution is 0.104. The van der Waals surface area contributed by atoms with Crippen molar-refractivity contribution >= 4 is 49.0 Å². The lowest BCUT2D eigenvalue weighted by atomic mass is 9.87. The number of carbonyl (C=O) groups excluding carboxylic acids is 1. The van der Waals surface area contributed by atoms with Crippen LogP contribution in [-0.4, -0.2) is 10.8 Å². The van der Waals surface area contributed by atoms with Gasteiger partial charge in [0.2, 0.25) is 5.78 Å². The van der Waals surface area contributed by atoms with E-state index in [0.717, 1.165) is 51.6 Å². The number of thiophene rings is 1. The molecule has 0 saturated heterocycles. The summed E-state index contributed by atoms with van der Waals surface area (Å²) in [6.07, 6.45) is 4.30. The first kappa shape index (κ1) is 18.5. The smallest absolute Gasteiger partial charge is 0.205 e. The van der Waals surface area contributed by atoms with Crippen molar-refractivity contribution in [2.45, 2.75) is 25.7 Å². The lowest BCUT2D eigenvalue weighted by Crippen LogP contribution is -2.08. The molecule has 2 aromatic heterocycles. The number of nitrogens with zero attached hydrogens (tertiary/aromatic N) is 1. The predicted molar refractivity (Wildman–Crippen MR) is 124 cm³/mol. The Morgan fingerprint density at radius 2 is 1.66 bits per heavy atom. The molecule has 1 aliphatic carbocycles. The minimum Gasteiger partial charge on any atom is -0.397 e. The number of ketones is 1. The molecule has 0 bridgehead atoms. The van der Waals surface area contributed by atoms with Crippen LogP contribution >= 0.6 is 27.3 Å². The molecule has 3 nitrogen and oxygen atoms in total. The third-order valence-electron chi connectivity index (χ3n) is 5.56. The Balaban J connectivity index is 1.72. The Morgan fingerprint density at radius 3 is 2.38 bits per heavy atom. The van der Waals surface area contributed by atoms with Crippen LogP contribution in [0.1, 0.15) is 39.2 Å². The summed E-state index contributed by atoms with van der Waals surface area (Å²) in [7, 11) is 0. The SMILES string of the molecule is Nc1c(C(=O)c2ccc(Br)cc2)sc2nc(-c3ccccc3)c3c(c12)CCCC3. The molecule has 5 heteroatoms. The van der Waals surface area contributed by atoms with E-state index in [1.165, 1.54) is 22.5 Å². The Hall–Kier alpha value is -2.50. The molecule has 0 unspecified atom stereocenters. The van der Waals surface area contributed by atoms with Crippen molar-refractivity contribution < 1.29 is 4.79 Å². The van der Waals surface area contributed by atoms with Gasteiger partial charge in [-0.2, -0.15) is 0 Å². The summed E-state index contributed by atoms with van der Waals surface area (Å²) in [4.78, 5) is 19.6. The average Bonchev–Trinajstić information content (AvgIpc) is 3.10. The zero-order valence-corrected chi connectivity index (χ0v) is 18.1. The van der Waals surface area contributed by atoms with Gasteiger partial charge in [-0.3, -0.25) is 4.79 Å². The number of nitrogens with two attached hydrogens (primary N) is 1. The molecule has 29 heavy (non-hydrogen) atoms. The predicted octanol–water partition coefficient (Wildman–Crippen LogP) is 6.42. The molecular weight excluding hydrogens is 444 g/mol. The quantitative estimate of drug-likeness (QED) is 0.357. The maximum Gasteiger partial charge on any atom is 0.205 e. The largest absolute Gasteiger partial charge is 0.397 e. The Bertz CT molecular complexity index is 1230. The second-order valence-electron chi connectivity index (χ2n) is 7.35. The zero-order chi connectivity index (χ0) is 20.0. The van der Waals surface area contributed by atoms with E-state index < -0.39 is 0 Å². The second-order valence-corrected chi connectivity index (χ2v) is 9.27. The molecule has 5 rings (SSSR count). The number of carbonyl (C=O) groups is 1. The van der Waals surface area contributed by atoms with Gasteiger partial charge in [-0.1, -0.05) is 46.3 Å². The van der Waals surface area contributed by atoms with Gasteiger partial charge in [-0.15, -0.1) is 11.3 Å². The molecule has 0 aliphatic heterocycles. The minimum absolute atomic E-state index is 0.0381. The first-order chi connectivity index (χ1) is 14.1.